The topological polar surface area (TPSA) is 36.0 Å². The standard InChI is InChI=1S/C25H34FN3O2/c1-6-14-31-24-15-19(9-8-18(24)7-2)25(30)28(5)20-10-11-23(22(26)16-20)29-13-12-21(17-29)27(3)4/h8-11,15-16,21H,6-7,12-14,17H2,1-5H3. The van der Waals surface area contributed by atoms with E-state index in [-0.39, 0.29) is 11.7 Å². The van der Waals surface area contributed by atoms with E-state index >= 15 is 0 Å². The van der Waals surface area contributed by atoms with Gasteiger partial charge in [0.05, 0.1) is 12.3 Å². The zero-order chi connectivity index (χ0) is 22.5. The van der Waals surface area contributed by atoms with Crippen LogP contribution in [0.1, 0.15) is 42.6 Å². The molecule has 2 aromatic rings. The average molecular weight is 428 g/mol. The SMILES string of the molecule is CCCOc1cc(C(=O)N(C)c2ccc(N3CCC(N(C)C)C3)c(F)c2)ccc1CC. The second kappa shape index (κ2) is 10.1. The van der Waals surface area contributed by atoms with Gasteiger partial charge in [0.1, 0.15) is 11.6 Å². The molecule has 2 aromatic carbocycles. The molecule has 0 saturated carbocycles. The summed E-state index contributed by atoms with van der Waals surface area (Å²) in [7, 11) is 5.79. The summed E-state index contributed by atoms with van der Waals surface area (Å²) in [5.74, 6) is 0.254. The highest BCUT2D eigenvalue weighted by Crippen LogP contribution is 2.29. The molecule has 1 amide bonds. The molecule has 0 aliphatic carbocycles. The largest absolute Gasteiger partial charge is 0.493 e. The van der Waals surface area contributed by atoms with E-state index in [1.54, 1.807) is 19.2 Å². The van der Waals surface area contributed by atoms with Gasteiger partial charge in [0.2, 0.25) is 0 Å². The second-order valence-corrected chi connectivity index (χ2v) is 8.38. The van der Waals surface area contributed by atoms with Gasteiger partial charge in [-0.25, -0.2) is 4.39 Å². The van der Waals surface area contributed by atoms with Gasteiger partial charge < -0.3 is 19.4 Å². The summed E-state index contributed by atoms with van der Waals surface area (Å²) in [5.41, 5.74) is 2.73. The molecule has 1 atom stereocenters. The molecule has 0 bridgehead atoms. The van der Waals surface area contributed by atoms with Crippen molar-refractivity contribution in [2.24, 2.45) is 0 Å². The Labute approximate surface area is 185 Å². The minimum absolute atomic E-state index is 0.190. The highest BCUT2D eigenvalue weighted by atomic mass is 19.1. The highest BCUT2D eigenvalue weighted by Gasteiger charge is 2.26. The van der Waals surface area contributed by atoms with E-state index in [4.69, 9.17) is 4.74 Å². The number of likely N-dealkylation sites (N-methyl/N-ethyl adjacent to an activating group) is 1. The summed E-state index contributed by atoms with van der Waals surface area (Å²) in [5, 5.41) is 0. The lowest BCUT2D eigenvalue weighted by Gasteiger charge is -2.24. The van der Waals surface area contributed by atoms with E-state index in [0.29, 0.717) is 29.6 Å². The van der Waals surface area contributed by atoms with Crippen molar-refractivity contribution in [2.75, 3.05) is 50.6 Å². The summed E-state index contributed by atoms with van der Waals surface area (Å²) >= 11 is 0. The van der Waals surface area contributed by atoms with Gasteiger partial charge in [-0.1, -0.05) is 19.9 Å². The Hall–Kier alpha value is -2.60. The van der Waals surface area contributed by atoms with Crippen molar-refractivity contribution in [1.29, 1.82) is 0 Å². The zero-order valence-electron chi connectivity index (χ0n) is 19.3. The van der Waals surface area contributed by atoms with Crippen LogP contribution in [0, 0.1) is 5.82 Å². The van der Waals surface area contributed by atoms with E-state index < -0.39 is 0 Å². The number of benzene rings is 2. The number of rotatable bonds is 8. The Balaban J connectivity index is 1.77. The number of carbonyl (C=O) groups is 1. The van der Waals surface area contributed by atoms with E-state index in [1.807, 2.05) is 18.2 Å². The van der Waals surface area contributed by atoms with Crippen molar-refractivity contribution in [3.63, 3.8) is 0 Å². The van der Waals surface area contributed by atoms with Crippen molar-refractivity contribution in [3.8, 4) is 5.75 Å². The van der Waals surface area contributed by atoms with Gasteiger partial charge >= 0.3 is 0 Å². The molecule has 5 nitrogen and oxygen atoms in total. The number of nitrogens with zero attached hydrogens (tertiary/aromatic N) is 3. The Kier molecular flexibility index (Phi) is 7.55. The zero-order valence-corrected chi connectivity index (χ0v) is 19.3. The van der Waals surface area contributed by atoms with E-state index in [9.17, 15) is 9.18 Å². The van der Waals surface area contributed by atoms with Crippen LogP contribution in [0.4, 0.5) is 15.8 Å². The Morgan fingerprint density at radius 2 is 1.94 bits per heavy atom. The highest BCUT2D eigenvalue weighted by molar-refractivity contribution is 6.06. The first-order valence-corrected chi connectivity index (χ1v) is 11.1. The van der Waals surface area contributed by atoms with Crippen LogP contribution in [0.15, 0.2) is 36.4 Å². The Morgan fingerprint density at radius 3 is 2.55 bits per heavy atom. The maximum Gasteiger partial charge on any atom is 0.258 e. The molecular weight excluding hydrogens is 393 g/mol. The van der Waals surface area contributed by atoms with Gasteiger partial charge in [-0.05, 0) is 69.3 Å². The molecular formula is C25H34FN3O2. The van der Waals surface area contributed by atoms with Crippen molar-refractivity contribution >= 4 is 17.3 Å². The number of anilines is 2. The van der Waals surface area contributed by atoms with Crippen LogP contribution in [-0.4, -0.2) is 57.7 Å². The number of ether oxygens (including phenoxy) is 1. The molecule has 1 heterocycles. The molecule has 3 rings (SSSR count). The molecule has 1 aliphatic rings. The molecule has 31 heavy (non-hydrogen) atoms. The van der Waals surface area contributed by atoms with Gasteiger partial charge in [-0.2, -0.15) is 0 Å². The van der Waals surface area contributed by atoms with E-state index in [0.717, 1.165) is 43.7 Å². The van der Waals surface area contributed by atoms with E-state index in [1.165, 1.54) is 11.0 Å². The minimum atomic E-state index is -0.301. The maximum atomic E-state index is 14.9. The quantitative estimate of drug-likeness (QED) is 0.617. The predicted molar refractivity (Wildman–Crippen MR) is 125 cm³/mol. The third kappa shape index (κ3) is 5.18. The predicted octanol–water partition coefficient (Wildman–Crippen LogP) is 4.59. The van der Waals surface area contributed by atoms with Gasteiger partial charge in [0, 0.05) is 37.4 Å². The van der Waals surface area contributed by atoms with Crippen LogP contribution < -0.4 is 14.5 Å². The Morgan fingerprint density at radius 1 is 1.16 bits per heavy atom. The fraction of sp³-hybridized carbons (Fsp3) is 0.480. The van der Waals surface area contributed by atoms with Crippen LogP contribution in [0.5, 0.6) is 5.75 Å². The third-order valence-corrected chi connectivity index (χ3v) is 6.01. The van der Waals surface area contributed by atoms with Crippen molar-refractivity contribution in [2.45, 2.75) is 39.2 Å². The lowest BCUT2D eigenvalue weighted by atomic mass is 10.1. The number of aryl methyl sites for hydroxylation is 1. The number of hydrogen-bond donors (Lipinski definition) is 0. The minimum Gasteiger partial charge on any atom is -0.493 e. The summed E-state index contributed by atoms with van der Waals surface area (Å²) in [4.78, 5) is 18.8. The van der Waals surface area contributed by atoms with Gasteiger partial charge in [-0.3, -0.25) is 4.79 Å². The van der Waals surface area contributed by atoms with Gasteiger partial charge in [0.15, 0.2) is 0 Å². The van der Waals surface area contributed by atoms with Gasteiger partial charge in [0.25, 0.3) is 5.91 Å². The van der Waals surface area contributed by atoms with Crippen LogP contribution in [-0.2, 0) is 6.42 Å². The lowest BCUT2D eigenvalue weighted by Crippen LogP contribution is -2.31. The van der Waals surface area contributed by atoms with Gasteiger partial charge in [-0.15, -0.1) is 0 Å². The van der Waals surface area contributed by atoms with Crippen molar-refractivity contribution in [3.05, 3.63) is 53.3 Å². The first-order chi connectivity index (χ1) is 14.8. The average Bonchev–Trinajstić information content (AvgIpc) is 3.26. The van der Waals surface area contributed by atoms with Crippen LogP contribution in [0.25, 0.3) is 0 Å². The van der Waals surface area contributed by atoms with Crippen molar-refractivity contribution < 1.29 is 13.9 Å². The second-order valence-electron chi connectivity index (χ2n) is 8.38. The Bertz CT molecular complexity index is 916. The van der Waals surface area contributed by atoms with Crippen molar-refractivity contribution in [1.82, 2.24) is 4.90 Å². The molecule has 6 heteroatoms. The first-order valence-electron chi connectivity index (χ1n) is 11.1. The van der Waals surface area contributed by atoms with Crippen LogP contribution in [0.3, 0.4) is 0 Å². The third-order valence-electron chi connectivity index (χ3n) is 6.01. The smallest absolute Gasteiger partial charge is 0.258 e. The number of carbonyl (C=O) groups excluding carboxylic acids is 1. The fourth-order valence-corrected chi connectivity index (χ4v) is 3.98. The fourth-order valence-electron chi connectivity index (χ4n) is 3.98. The number of halogens is 1. The molecule has 1 aliphatic heterocycles. The normalized spacial score (nSPS) is 16.1. The monoisotopic (exact) mass is 427 g/mol. The van der Waals surface area contributed by atoms with Crippen LogP contribution in [0.2, 0.25) is 0 Å². The molecule has 0 spiro atoms. The summed E-state index contributed by atoms with van der Waals surface area (Å²) < 4.78 is 20.8. The molecule has 0 radical (unpaired) electrons. The molecule has 168 valence electrons. The molecule has 1 unspecified atom stereocenters. The maximum absolute atomic E-state index is 14.9. The first kappa shape index (κ1) is 23.1. The van der Waals surface area contributed by atoms with E-state index in [2.05, 4.69) is 37.7 Å². The summed E-state index contributed by atoms with van der Waals surface area (Å²) in [6.07, 6.45) is 2.75. The molecule has 1 fully saturated rings. The molecule has 0 aromatic heterocycles. The number of amides is 1. The molecule has 0 N–H and O–H groups in total. The van der Waals surface area contributed by atoms with Crippen LogP contribution >= 0.6 is 0 Å². The lowest BCUT2D eigenvalue weighted by molar-refractivity contribution is 0.0992. The summed E-state index contributed by atoms with van der Waals surface area (Å²) in [6.45, 7) is 6.36. The number of hydrogen-bond acceptors (Lipinski definition) is 4. The summed E-state index contributed by atoms with van der Waals surface area (Å²) in [6, 6.07) is 11.0. The molecule has 1 saturated heterocycles.